The SMILES string of the molecule is CCOC(=O)CNc1ccc2c(c1)nc(C)n2C. The third-order valence-electron chi connectivity index (χ3n) is 2.85. The second kappa shape index (κ2) is 5.08. The molecule has 96 valence electrons. The maximum atomic E-state index is 11.2. The Balaban J connectivity index is 2.13. The zero-order valence-corrected chi connectivity index (χ0v) is 10.9. The van der Waals surface area contributed by atoms with Crippen LogP contribution in [0.2, 0.25) is 0 Å². The van der Waals surface area contributed by atoms with E-state index in [1.54, 1.807) is 6.92 Å². The second-order valence-corrected chi connectivity index (χ2v) is 4.08. The largest absolute Gasteiger partial charge is 0.465 e. The van der Waals surface area contributed by atoms with Gasteiger partial charge in [0.2, 0.25) is 0 Å². The summed E-state index contributed by atoms with van der Waals surface area (Å²) in [4.78, 5) is 15.7. The highest BCUT2D eigenvalue weighted by Crippen LogP contribution is 2.19. The van der Waals surface area contributed by atoms with Gasteiger partial charge in [0.1, 0.15) is 12.4 Å². The molecule has 1 aromatic heterocycles. The lowest BCUT2D eigenvalue weighted by atomic mass is 10.2. The zero-order valence-electron chi connectivity index (χ0n) is 10.9. The Labute approximate surface area is 106 Å². The Morgan fingerprint density at radius 1 is 1.50 bits per heavy atom. The van der Waals surface area contributed by atoms with Crippen molar-refractivity contribution >= 4 is 22.7 Å². The Morgan fingerprint density at radius 2 is 2.28 bits per heavy atom. The normalized spacial score (nSPS) is 10.6. The van der Waals surface area contributed by atoms with Crippen molar-refractivity contribution in [1.29, 1.82) is 0 Å². The van der Waals surface area contributed by atoms with Crippen molar-refractivity contribution in [3.05, 3.63) is 24.0 Å². The number of carbonyl (C=O) groups excluding carboxylic acids is 1. The number of hydrogen-bond acceptors (Lipinski definition) is 4. The third-order valence-corrected chi connectivity index (χ3v) is 2.85. The first kappa shape index (κ1) is 12.4. The van der Waals surface area contributed by atoms with Crippen molar-refractivity contribution in [2.75, 3.05) is 18.5 Å². The van der Waals surface area contributed by atoms with Gasteiger partial charge in [0, 0.05) is 12.7 Å². The molecule has 1 N–H and O–H groups in total. The summed E-state index contributed by atoms with van der Waals surface area (Å²) in [7, 11) is 1.98. The van der Waals surface area contributed by atoms with E-state index >= 15 is 0 Å². The van der Waals surface area contributed by atoms with Gasteiger partial charge in [-0.1, -0.05) is 0 Å². The summed E-state index contributed by atoms with van der Waals surface area (Å²) in [5.74, 6) is 0.711. The Bertz CT molecular complexity index is 575. The van der Waals surface area contributed by atoms with Crippen molar-refractivity contribution in [3.8, 4) is 0 Å². The van der Waals surface area contributed by atoms with Crippen LogP contribution >= 0.6 is 0 Å². The molecule has 0 unspecified atom stereocenters. The van der Waals surface area contributed by atoms with E-state index in [9.17, 15) is 4.79 Å². The number of ether oxygens (including phenoxy) is 1. The molecular formula is C13H17N3O2. The first-order chi connectivity index (χ1) is 8.61. The number of esters is 1. The first-order valence-corrected chi connectivity index (χ1v) is 5.94. The van der Waals surface area contributed by atoms with Gasteiger partial charge in [0.05, 0.1) is 17.6 Å². The molecule has 18 heavy (non-hydrogen) atoms. The number of imidazole rings is 1. The summed E-state index contributed by atoms with van der Waals surface area (Å²) < 4.78 is 6.89. The molecular weight excluding hydrogens is 230 g/mol. The van der Waals surface area contributed by atoms with Crippen LogP contribution in [0.5, 0.6) is 0 Å². The first-order valence-electron chi connectivity index (χ1n) is 5.94. The van der Waals surface area contributed by atoms with Crippen molar-refractivity contribution in [3.63, 3.8) is 0 Å². The summed E-state index contributed by atoms with van der Waals surface area (Å²) in [6.45, 7) is 4.33. The molecule has 0 saturated heterocycles. The number of rotatable bonds is 4. The van der Waals surface area contributed by atoms with Gasteiger partial charge >= 0.3 is 5.97 Å². The van der Waals surface area contributed by atoms with E-state index in [-0.39, 0.29) is 12.5 Å². The van der Waals surface area contributed by atoms with Crippen LogP contribution in [-0.4, -0.2) is 28.7 Å². The molecule has 0 aliphatic rings. The maximum Gasteiger partial charge on any atom is 0.325 e. The van der Waals surface area contributed by atoms with Crippen LogP contribution in [0.15, 0.2) is 18.2 Å². The van der Waals surface area contributed by atoms with E-state index in [1.807, 2.05) is 36.7 Å². The van der Waals surface area contributed by atoms with E-state index in [0.29, 0.717) is 6.61 Å². The van der Waals surface area contributed by atoms with Gasteiger partial charge in [-0.25, -0.2) is 4.98 Å². The molecule has 0 fully saturated rings. The molecule has 0 aliphatic heterocycles. The van der Waals surface area contributed by atoms with Gasteiger partial charge < -0.3 is 14.6 Å². The van der Waals surface area contributed by atoms with Gasteiger partial charge in [-0.3, -0.25) is 4.79 Å². The molecule has 0 radical (unpaired) electrons. The van der Waals surface area contributed by atoms with Crippen LogP contribution in [-0.2, 0) is 16.6 Å². The minimum absolute atomic E-state index is 0.172. The standard InChI is InChI=1S/C13H17N3O2/c1-4-18-13(17)8-14-10-5-6-12-11(7-10)15-9(2)16(12)3/h5-7,14H,4,8H2,1-3H3. The Kier molecular flexibility index (Phi) is 3.50. The maximum absolute atomic E-state index is 11.2. The molecule has 0 amide bonds. The molecule has 0 atom stereocenters. The van der Waals surface area contributed by atoms with E-state index in [0.717, 1.165) is 22.5 Å². The van der Waals surface area contributed by atoms with E-state index in [2.05, 4.69) is 10.3 Å². The highest BCUT2D eigenvalue weighted by Gasteiger charge is 2.06. The molecule has 0 spiro atoms. The van der Waals surface area contributed by atoms with Crippen molar-refractivity contribution < 1.29 is 9.53 Å². The number of carbonyl (C=O) groups is 1. The third kappa shape index (κ3) is 2.45. The van der Waals surface area contributed by atoms with Crippen LogP contribution < -0.4 is 5.32 Å². The summed E-state index contributed by atoms with van der Waals surface area (Å²) in [5.41, 5.74) is 2.87. The smallest absolute Gasteiger partial charge is 0.325 e. The molecule has 1 aromatic carbocycles. The van der Waals surface area contributed by atoms with Gasteiger partial charge in [-0.2, -0.15) is 0 Å². The fourth-order valence-corrected chi connectivity index (χ4v) is 1.82. The molecule has 1 heterocycles. The van der Waals surface area contributed by atoms with Crippen LogP contribution in [0.4, 0.5) is 5.69 Å². The van der Waals surface area contributed by atoms with Gasteiger partial charge in [0.25, 0.3) is 0 Å². The van der Waals surface area contributed by atoms with E-state index in [1.165, 1.54) is 0 Å². The van der Waals surface area contributed by atoms with Gasteiger partial charge in [-0.15, -0.1) is 0 Å². The molecule has 5 heteroatoms. The minimum atomic E-state index is -0.255. The van der Waals surface area contributed by atoms with Crippen LogP contribution in [0.25, 0.3) is 11.0 Å². The summed E-state index contributed by atoms with van der Waals surface area (Å²) in [5, 5.41) is 3.03. The molecule has 0 aliphatic carbocycles. The topological polar surface area (TPSA) is 56.1 Å². The number of anilines is 1. The van der Waals surface area contributed by atoms with E-state index < -0.39 is 0 Å². The number of nitrogens with zero attached hydrogens (tertiary/aromatic N) is 2. The number of aryl methyl sites for hydroxylation is 2. The van der Waals surface area contributed by atoms with Crippen LogP contribution in [0.1, 0.15) is 12.7 Å². The lowest BCUT2D eigenvalue weighted by Gasteiger charge is -2.06. The molecule has 2 aromatic rings. The summed E-state index contributed by atoms with van der Waals surface area (Å²) >= 11 is 0. The van der Waals surface area contributed by atoms with Gasteiger partial charge in [0.15, 0.2) is 0 Å². The molecule has 0 saturated carbocycles. The summed E-state index contributed by atoms with van der Waals surface area (Å²) in [6.07, 6.45) is 0. The minimum Gasteiger partial charge on any atom is -0.465 e. The zero-order chi connectivity index (χ0) is 13.1. The lowest BCUT2D eigenvalue weighted by molar-refractivity contribution is -0.140. The molecule has 2 rings (SSSR count). The predicted molar refractivity (Wildman–Crippen MR) is 70.6 cm³/mol. The second-order valence-electron chi connectivity index (χ2n) is 4.08. The number of hydrogen-bond donors (Lipinski definition) is 1. The monoisotopic (exact) mass is 247 g/mol. The Hall–Kier alpha value is -2.04. The fourth-order valence-electron chi connectivity index (χ4n) is 1.82. The average molecular weight is 247 g/mol. The average Bonchev–Trinajstić information content (AvgIpc) is 2.63. The number of aromatic nitrogens is 2. The number of benzene rings is 1. The van der Waals surface area contributed by atoms with Crippen molar-refractivity contribution in [2.45, 2.75) is 13.8 Å². The van der Waals surface area contributed by atoms with Crippen LogP contribution in [0, 0.1) is 6.92 Å². The highest BCUT2D eigenvalue weighted by atomic mass is 16.5. The highest BCUT2D eigenvalue weighted by molar-refractivity contribution is 5.81. The van der Waals surface area contributed by atoms with Gasteiger partial charge in [-0.05, 0) is 32.0 Å². The fraction of sp³-hybridized carbons (Fsp3) is 0.385. The van der Waals surface area contributed by atoms with E-state index in [4.69, 9.17) is 4.74 Å². The molecule has 0 bridgehead atoms. The Morgan fingerprint density at radius 3 is 3.00 bits per heavy atom. The number of fused-ring (bicyclic) bond motifs is 1. The lowest BCUT2D eigenvalue weighted by Crippen LogP contribution is -2.16. The van der Waals surface area contributed by atoms with Crippen LogP contribution in [0.3, 0.4) is 0 Å². The quantitative estimate of drug-likeness (QED) is 0.838. The van der Waals surface area contributed by atoms with Crippen molar-refractivity contribution in [1.82, 2.24) is 9.55 Å². The predicted octanol–water partition coefficient (Wildman–Crippen LogP) is 1.86. The number of nitrogens with one attached hydrogen (secondary N) is 1. The van der Waals surface area contributed by atoms with Crippen molar-refractivity contribution in [2.24, 2.45) is 7.05 Å². The summed E-state index contributed by atoms with van der Waals surface area (Å²) in [6, 6.07) is 5.85. The molecule has 5 nitrogen and oxygen atoms in total.